The smallest absolute Gasteiger partial charge is 0.213 e. The van der Waals surface area contributed by atoms with Crippen LogP contribution in [0.5, 0.6) is 0 Å². The van der Waals surface area contributed by atoms with E-state index in [4.69, 9.17) is 0 Å². The fourth-order valence-electron chi connectivity index (χ4n) is 1.71. The van der Waals surface area contributed by atoms with Gasteiger partial charge in [-0.15, -0.1) is 0 Å². The van der Waals surface area contributed by atoms with Crippen molar-refractivity contribution in [2.75, 3.05) is 12.3 Å². The van der Waals surface area contributed by atoms with Gasteiger partial charge in [0, 0.05) is 12.6 Å². The second-order valence-electron chi connectivity index (χ2n) is 4.53. The number of rotatable bonds is 5. The van der Waals surface area contributed by atoms with E-state index in [1.165, 1.54) is 5.56 Å². The quantitative estimate of drug-likeness (QED) is 0.816. The Bertz CT molecular complexity index is 464. The van der Waals surface area contributed by atoms with E-state index in [0.29, 0.717) is 6.54 Å². The van der Waals surface area contributed by atoms with Crippen LogP contribution in [-0.4, -0.2) is 26.8 Å². The molecule has 0 bridgehead atoms. The summed E-state index contributed by atoms with van der Waals surface area (Å²) in [4.78, 5) is 0. The van der Waals surface area contributed by atoms with Gasteiger partial charge in [-0.1, -0.05) is 29.8 Å². The first kappa shape index (κ1) is 12.5. The van der Waals surface area contributed by atoms with Crippen LogP contribution in [0.4, 0.5) is 0 Å². The molecule has 1 aromatic rings. The lowest BCUT2D eigenvalue weighted by Crippen LogP contribution is -2.49. The van der Waals surface area contributed by atoms with Gasteiger partial charge in [0.25, 0.3) is 0 Å². The highest BCUT2D eigenvalue weighted by Crippen LogP contribution is 2.06. The molecule has 1 saturated heterocycles. The van der Waals surface area contributed by atoms with Crippen LogP contribution in [-0.2, 0) is 16.6 Å². The number of sulfonamides is 1. The summed E-state index contributed by atoms with van der Waals surface area (Å²) in [5, 5.41) is 3.09. The van der Waals surface area contributed by atoms with Crippen molar-refractivity contribution in [3.63, 3.8) is 0 Å². The van der Waals surface area contributed by atoms with Crippen LogP contribution < -0.4 is 10.0 Å². The van der Waals surface area contributed by atoms with Crippen molar-refractivity contribution < 1.29 is 8.42 Å². The van der Waals surface area contributed by atoms with E-state index in [9.17, 15) is 8.42 Å². The SMILES string of the molecule is Cc1ccc(CNS(=O)(=O)CC2CCN2)cc1. The zero-order chi connectivity index (χ0) is 12.3. The molecule has 0 radical (unpaired) electrons. The van der Waals surface area contributed by atoms with Crippen LogP contribution in [0.15, 0.2) is 24.3 Å². The van der Waals surface area contributed by atoms with E-state index < -0.39 is 10.0 Å². The Kier molecular flexibility index (Phi) is 3.81. The Morgan fingerprint density at radius 1 is 1.35 bits per heavy atom. The Morgan fingerprint density at radius 3 is 2.53 bits per heavy atom. The summed E-state index contributed by atoms with van der Waals surface area (Å²) in [6.45, 7) is 3.31. The lowest BCUT2D eigenvalue weighted by atomic mass is 10.1. The fraction of sp³-hybridized carbons (Fsp3) is 0.500. The second kappa shape index (κ2) is 5.16. The van der Waals surface area contributed by atoms with Gasteiger partial charge in [-0.05, 0) is 25.5 Å². The molecule has 0 saturated carbocycles. The van der Waals surface area contributed by atoms with E-state index in [2.05, 4.69) is 10.0 Å². The predicted molar refractivity (Wildman–Crippen MR) is 68.2 cm³/mol. The third-order valence-electron chi connectivity index (χ3n) is 2.96. The third-order valence-corrected chi connectivity index (χ3v) is 4.39. The zero-order valence-electron chi connectivity index (χ0n) is 9.94. The molecule has 0 spiro atoms. The van der Waals surface area contributed by atoms with Crippen molar-refractivity contribution in [3.05, 3.63) is 35.4 Å². The molecular weight excluding hydrogens is 236 g/mol. The summed E-state index contributed by atoms with van der Waals surface area (Å²) >= 11 is 0. The van der Waals surface area contributed by atoms with Crippen LogP contribution in [0.1, 0.15) is 17.5 Å². The van der Waals surface area contributed by atoms with Crippen molar-refractivity contribution in [2.45, 2.75) is 25.9 Å². The molecule has 17 heavy (non-hydrogen) atoms. The van der Waals surface area contributed by atoms with Gasteiger partial charge in [0.15, 0.2) is 0 Å². The molecule has 0 aromatic heterocycles. The van der Waals surface area contributed by atoms with Crippen LogP contribution in [0.2, 0.25) is 0 Å². The Hall–Kier alpha value is -0.910. The molecule has 5 heteroatoms. The lowest BCUT2D eigenvalue weighted by Gasteiger charge is -2.27. The monoisotopic (exact) mass is 254 g/mol. The first-order chi connectivity index (χ1) is 8.05. The van der Waals surface area contributed by atoms with Crippen LogP contribution >= 0.6 is 0 Å². The van der Waals surface area contributed by atoms with Crippen molar-refractivity contribution in [2.24, 2.45) is 0 Å². The van der Waals surface area contributed by atoms with E-state index in [1.807, 2.05) is 31.2 Å². The van der Waals surface area contributed by atoms with Crippen LogP contribution in [0, 0.1) is 6.92 Å². The van der Waals surface area contributed by atoms with E-state index in [1.54, 1.807) is 0 Å². The van der Waals surface area contributed by atoms with Crippen molar-refractivity contribution in [1.29, 1.82) is 0 Å². The second-order valence-corrected chi connectivity index (χ2v) is 6.38. The number of hydrogen-bond acceptors (Lipinski definition) is 3. The molecule has 1 heterocycles. The summed E-state index contributed by atoms with van der Waals surface area (Å²) in [6.07, 6.45) is 0.950. The third kappa shape index (κ3) is 3.80. The van der Waals surface area contributed by atoms with Crippen LogP contribution in [0.3, 0.4) is 0 Å². The average Bonchev–Trinajstić information content (AvgIpc) is 2.23. The molecule has 0 aliphatic carbocycles. The van der Waals surface area contributed by atoms with Gasteiger partial charge in [0.2, 0.25) is 10.0 Å². The minimum atomic E-state index is -3.16. The first-order valence-corrected chi connectivity index (χ1v) is 7.47. The summed E-state index contributed by atoms with van der Waals surface area (Å²) in [5.41, 5.74) is 2.16. The molecule has 2 rings (SSSR count). The fourth-order valence-corrected chi connectivity index (χ4v) is 3.03. The zero-order valence-corrected chi connectivity index (χ0v) is 10.8. The van der Waals surface area contributed by atoms with Gasteiger partial charge >= 0.3 is 0 Å². The number of nitrogens with one attached hydrogen (secondary N) is 2. The number of hydrogen-bond donors (Lipinski definition) is 2. The molecule has 2 N–H and O–H groups in total. The topological polar surface area (TPSA) is 58.2 Å². The Labute approximate surface area is 102 Å². The molecule has 1 unspecified atom stereocenters. The molecule has 0 amide bonds. The van der Waals surface area contributed by atoms with E-state index >= 15 is 0 Å². The molecule has 1 aliphatic heterocycles. The van der Waals surface area contributed by atoms with Crippen molar-refractivity contribution in [3.8, 4) is 0 Å². The molecule has 1 aliphatic rings. The van der Waals surface area contributed by atoms with Crippen molar-refractivity contribution in [1.82, 2.24) is 10.0 Å². The maximum atomic E-state index is 11.7. The normalized spacial score (nSPS) is 19.9. The molecule has 94 valence electrons. The maximum absolute atomic E-state index is 11.7. The lowest BCUT2D eigenvalue weighted by molar-refractivity contribution is 0.397. The molecule has 4 nitrogen and oxygen atoms in total. The largest absolute Gasteiger partial charge is 0.313 e. The van der Waals surface area contributed by atoms with Gasteiger partial charge in [-0.2, -0.15) is 0 Å². The van der Waals surface area contributed by atoms with Gasteiger partial charge in [0.1, 0.15) is 0 Å². The Balaban J connectivity index is 1.86. The predicted octanol–water partition coefficient (Wildman–Crippen LogP) is 0.776. The Morgan fingerprint density at radius 2 is 2.00 bits per heavy atom. The standard InChI is InChI=1S/C12H18N2O2S/c1-10-2-4-11(5-3-10)8-14-17(15,16)9-12-6-7-13-12/h2-5,12-14H,6-9H2,1H3. The molecular formula is C12H18N2O2S. The van der Waals surface area contributed by atoms with Crippen molar-refractivity contribution >= 4 is 10.0 Å². The minimum absolute atomic E-state index is 0.130. The van der Waals surface area contributed by atoms with Gasteiger partial charge < -0.3 is 5.32 Å². The highest BCUT2D eigenvalue weighted by molar-refractivity contribution is 7.89. The molecule has 1 fully saturated rings. The highest BCUT2D eigenvalue weighted by atomic mass is 32.2. The minimum Gasteiger partial charge on any atom is -0.313 e. The summed E-state index contributed by atoms with van der Waals surface area (Å²) in [7, 11) is -3.16. The molecule has 1 atom stereocenters. The summed E-state index contributed by atoms with van der Waals surface area (Å²) in [6, 6.07) is 7.98. The summed E-state index contributed by atoms with van der Waals surface area (Å²) in [5.74, 6) is 0.179. The maximum Gasteiger partial charge on any atom is 0.213 e. The number of benzene rings is 1. The van der Waals surface area contributed by atoms with Gasteiger partial charge in [0.05, 0.1) is 5.75 Å². The summed E-state index contributed by atoms with van der Waals surface area (Å²) < 4.78 is 26.1. The van der Waals surface area contributed by atoms with Crippen LogP contribution in [0.25, 0.3) is 0 Å². The van der Waals surface area contributed by atoms with Gasteiger partial charge in [-0.3, -0.25) is 0 Å². The number of aryl methyl sites for hydroxylation is 1. The van der Waals surface area contributed by atoms with E-state index in [-0.39, 0.29) is 11.8 Å². The van der Waals surface area contributed by atoms with Gasteiger partial charge in [-0.25, -0.2) is 13.1 Å². The average molecular weight is 254 g/mol. The highest BCUT2D eigenvalue weighted by Gasteiger charge is 2.23. The molecule has 1 aromatic carbocycles. The first-order valence-electron chi connectivity index (χ1n) is 5.81. The van der Waals surface area contributed by atoms with E-state index in [0.717, 1.165) is 18.5 Å².